The molecule has 2 aromatic rings. The van der Waals surface area contributed by atoms with Crippen LogP contribution in [0.25, 0.3) is 11.0 Å². The van der Waals surface area contributed by atoms with E-state index in [4.69, 9.17) is 0 Å². The number of aromatic nitrogens is 2. The molecule has 9 heteroatoms. The molecule has 1 atom stereocenters. The van der Waals surface area contributed by atoms with Gasteiger partial charge in [-0.15, -0.1) is 0 Å². The van der Waals surface area contributed by atoms with E-state index in [0.717, 1.165) is 28.8 Å². The predicted molar refractivity (Wildman–Crippen MR) is 106 cm³/mol. The van der Waals surface area contributed by atoms with E-state index in [0.29, 0.717) is 13.1 Å². The van der Waals surface area contributed by atoms with Crippen molar-refractivity contribution < 1.29 is 18.0 Å². The van der Waals surface area contributed by atoms with Gasteiger partial charge in [-0.25, -0.2) is 4.98 Å². The van der Waals surface area contributed by atoms with E-state index >= 15 is 0 Å². The largest absolute Gasteiger partial charge is 0.438 e. The van der Waals surface area contributed by atoms with E-state index in [1.165, 1.54) is 13.0 Å². The van der Waals surface area contributed by atoms with Crippen LogP contribution in [-0.2, 0) is 11.0 Å². The summed E-state index contributed by atoms with van der Waals surface area (Å²) in [6, 6.07) is 1.98. The van der Waals surface area contributed by atoms with Gasteiger partial charge in [0.1, 0.15) is 6.04 Å². The van der Waals surface area contributed by atoms with Crippen molar-refractivity contribution in [2.45, 2.75) is 46.8 Å². The molecule has 1 amide bonds. The molecule has 1 aromatic carbocycles. The molecule has 0 fully saturated rings. The molecule has 1 heterocycles. The molecule has 160 valence electrons. The zero-order chi connectivity index (χ0) is 21.9. The first-order chi connectivity index (χ1) is 13.5. The van der Waals surface area contributed by atoms with Gasteiger partial charge < -0.3 is 10.2 Å². The summed E-state index contributed by atoms with van der Waals surface area (Å²) in [5.74, 6) is -0.516. The minimum Gasteiger partial charge on any atom is -0.353 e. The number of likely N-dealkylation sites (N-methyl/N-ethyl adjacent to an activating group) is 1. The SMILES string of the molecule is CCN(CC)CCNC(=O)C(C)n1c(=O)c(C(F)(F)F)nc2cc(C)c(C)cc21. The Kier molecular flexibility index (Phi) is 7.05. The second-order valence-electron chi connectivity index (χ2n) is 7.05. The van der Waals surface area contributed by atoms with Crippen molar-refractivity contribution in [3.8, 4) is 0 Å². The van der Waals surface area contributed by atoms with Crippen molar-refractivity contribution in [3.05, 3.63) is 39.3 Å². The van der Waals surface area contributed by atoms with Gasteiger partial charge in [-0.3, -0.25) is 14.2 Å². The summed E-state index contributed by atoms with van der Waals surface area (Å²) < 4.78 is 41.1. The van der Waals surface area contributed by atoms with Crippen LogP contribution in [0.15, 0.2) is 16.9 Å². The van der Waals surface area contributed by atoms with Crippen LogP contribution in [0.2, 0.25) is 0 Å². The van der Waals surface area contributed by atoms with Crippen LogP contribution < -0.4 is 10.9 Å². The summed E-state index contributed by atoms with van der Waals surface area (Å²) in [5, 5.41) is 2.71. The van der Waals surface area contributed by atoms with Gasteiger partial charge in [0, 0.05) is 13.1 Å². The number of carbonyl (C=O) groups is 1. The summed E-state index contributed by atoms with van der Waals surface area (Å²) >= 11 is 0. The second-order valence-corrected chi connectivity index (χ2v) is 7.05. The van der Waals surface area contributed by atoms with E-state index in [-0.39, 0.29) is 11.0 Å². The molecule has 1 N–H and O–H groups in total. The van der Waals surface area contributed by atoms with Gasteiger partial charge >= 0.3 is 6.18 Å². The van der Waals surface area contributed by atoms with E-state index in [2.05, 4.69) is 15.2 Å². The third-order valence-electron chi connectivity index (χ3n) is 5.16. The lowest BCUT2D eigenvalue weighted by Crippen LogP contribution is -2.41. The lowest BCUT2D eigenvalue weighted by Gasteiger charge is -2.22. The maximum Gasteiger partial charge on any atom is 0.438 e. The fraction of sp³-hybridized carbons (Fsp3) is 0.550. The minimum absolute atomic E-state index is 0.0304. The first-order valence-corrected chi connectivity index (χ1v) is 9.61. The normalized spacial score (nSPS) is 13.1. The first kappa shape index (κ1) is 22.9. The highest BCUT2D eigenvalue weighted by atomic mass is 19.4. The van der Waals surface area contributed by atoms with Crippen molar-refractivity contribution in [1.82, 2.24) is 19.8 Å². The smallest absolute Gasteiger partial charge is 0.353 e. The van der Waals surface area contributed by atoms with Gasteiger partial charge in [0.05, 0.1) is 11.0 Å². The Balaban J connectivity index is 2.49. The van der Waals surface area contributed by atoms with E-state index < -0.39 is 29.4 Å². The third-order valence-corrected chi connectivity index (χ3v) is 5.16. The van der Waals surface area contributed by atoms with Crippen LogP contribution in [0.5, 0.6) is 0 Å². The summed E-state index contributed by atoms with van der Waals surface area (Å²) in [5.41, 5.74) is -1.06. The van der Waals surface area contributed by atoms with Crippen molar-refractivity contribution >= 4 is 16.9 Å². The zero-order valence-electron chi connectivity index (χ0n) is 17.4. The van der Waals surface area contributed by atoms with Gasteiger partial charge in [-0.2, -0.15) is 13.2 Å². The zero-order valence-corrected chi connectivity index (χ0v) is 17.4. The third kappa shape index (κ3) is 4.95. The van der Waals surface area contributed by atoms with Crippen LogP contribution in [0, 0.1) is 13.8 Å². The van der Waals surface area contributed by atoms with Gasteiger partial charge in [0.2, 0.25) is 11.6 Å². The fourth-order valence-corrected chi connectivity index (χ4v) is 3.17. The molecule has 1 aromatic heterocycles. The van der Waals surface area contributed by atoms with E-state index in [9.17, 15) is 22.8 Å². The second kappa shape index (κ2) is 8.94. The van der Waals surface area contributed by atoms with E-state index in [1.807, 2.05) is 13.8 Å². The van der Waals surface area contributed by atoms with Crippen LogP contribution in [0.1, 0.15) is 43.6 Å². The number of aryl methyl sites for hydroxylation is 2. The van der Waals surface area contributed by atoms with Crippen LogP contribution in [0.4, 0.5) is 13.2 Å². The number of hydrogen-bond donors (Lipinski definition) is 1. The molecular formula is C20H27F3N4O2. The highest BCUT2D eigenvalue weighted by Gasteiger charge is 2.38. The highest BCUT2D eigenvalue weighted by molar-refractivity contribution is 5.84. The molecule has 0 spiro atoms. The van der Waals surface area contributed by atoms with Crippen LogP contribution in [0.3, 0.4) is 0 Å². The Morgan fingerprint density at radius 1 is 1.21 bits per heavy atom. The summed E-state index contributed by atoms with van der Waals surface area (Å²) in [7, 11) is 0. The summed E-state index contributed by atoms with van der Waals surface area (Å²) in [6.45, 7) is 11.6. The maximum atomic E-state index is 13.4. The highest BCUT2D eigenvalue weighted by Crippen LogP contribution is 2.28. The van der Waals surface area contributed by atoms with Crippen molar-refractivity contribution in [2.75, 3.05) is 26.2 Å². The average Bonchev–Trinajstić information content (AvgIpc) is 2.64. The number of amides is 1. The van der Waals surface area contributed by atoms with Crippen molar-refractivity contribution in [3.63, 3.8) is 0 Å². The number of hydrogen-bond acceptors (Lipinski definition) is 4. The molecule has 0 aliphatic heterocycles. The maximum absolute atomic E-state index is 13.4. The van der Waals surface area contributed by atoms with Gasteiger partial charge in [0.15, 0.2) is 0 Å². The molecule has 0 radical (unpaired) electrons. The molecule has 0 aliphatic rings. The molecule has 1 unspecified atom stereocenters. The van der Waals surface area contributed by atoms with Gasteiger partial charge in [0.25, 0.3) is 5.56 Å². The quantitative estimate of drug-likeness (QED) is 0.759. The fourth-order valence-electron chi connectivity index (χ4n) is 3.17. The minimum atomic E-state index is -4.91. The monoisotopic (exact) mass is 412 g/mol. The Hall–Kier alpha value is -2.42. The Morgan fingerprint density at radius 2 is 1.79 bits per heavy atom. The average molecular weight is 412 g/mol. The molecule has 6 nitrogen and oxygen atoms in total. The van der Waals surface area contributed by atoms with Crippen LogP contribution >= 0.6 is 0 Å². The van der Waals surface area contributed by atoms with Crippen molar-refractivity contribution in [2.24, 2.45) is 0 Å². The number of carbonyl (C=O) groups excluding carboxylic acids is 1. The van der Waals surface area contributed by atoms with Gasteiger partial charge in [-0.1, -0.05) is 13.8 Å². The number of alkyl halides is 3. The Labute approximate surface area is 167 Å². The van der Waals surface area contributed by atoms with Crippen LogP contribution in [-0.4, -0.2) is 46.5 Å². The van der Waals surface area contributed by atoms with Crippen molar-refractivity contribution in [1.29, 1.82) is 0 Å². The molecule has 0 bridgehead atoms. The lowest BCUT2D eigenvalue weighted by molar-refractivity contribution is -0.142. The Morgan fingerprint density at radius 3 is 2.34 bits per heavy atom. The number of nitrogens with one attached hydrogen (secondary N) is 1. The number of rotatable bonds is 7. The molecule has 2 rings (SSSR count). The molecule has 0 aliphatic carbocycles. The topological polar surface area (TPSA) is 67.2 Å². The molecule has 29 heavy (non-hydrogen) atoms. The molecular weight excluding hydrogens is 385 g/mol. The standard InChI is InChI=1S/C20H27F3N4O2/c1-6-26(7-2)9-8-24-18(28)14(5)27-16-11-13(4)12(3)10-15(16)25-17(19(27)29)20(21,22)23/h10-11,14H,6-9H2,1-5H3,(H,24,28). The summed E-state index contributed by atoms with van der Waals surface area (Å²) in [6.07, 6.45) is -4.91. The lowest BCUT2D eigenvalue weighted by atomic mass is 10.1. The number of nitrogens with zero attached hydrogens (tertiary/aromatic N) is 3. The number of halogens is 3. The molecule has 0 saturated heterocycles. The molecule has 0 saturated carbocycles. The number of benzene rings is 1. The first-order valence-electron chi connectivity index (χ1n) is 9.61. The van der Waals surface area contributed by atoms with Gasteiger partial charge in [-0.05, 0) is 57.1 Å². The predicted octanol–water partition coefficient (Wildman–Crippen LogP) is 3.05. The number of fused-ring (bicyclic) bond motifs is 1. The summed E-state index contributed by atoms with van der Waals surface area (Å²) in [4.78, 5) is 30.9. The van der Waals surface area contributed by atoms with E-state index in [1.54, 1.807) is 19.9 Å². The Bertz CT molecular complexity index is 949.